The van der Waals surface area contributed by atoms with Crippen molar-refractivity contribution in [2.45, 2.75) is 25.9 Å². The van der Waals surface area contributed by atoms with Crippen LogP contribution in [0.4, 0.5) is 5.69 Å². The third-order valence-electron chi connectivity index (χ3n) is 4.43. The van der Waals surface area contributed by atoms with Crippen LogP contribution in [0, 0.1) is 0 Å². The summed E-state index contributed by atoms with van der Waals surface area (Å²) in [5.74, 6) is 0.347. The highest BCUT2D eigenvalue weighted by Crippen LogP contribution is 2.16. The number of rotatable bonds is 10. The molecule has 2 amide bonds. The van der Waals surface area contributed by atoms with Gasteiger partial charge in [0.2, 0.25) is 11.8 Å². The highest BCUT2D eigenvalue weighted by molar-refractivity contribution is 9.10. The van der Waals surface area contributed by atoms with Crippen molar-refractivity contribution in [2.24, 2.45) is 5.10 Å². The second-order valence-electron chi connectivity index (χ2n) is 7.05. The number of nitrogens with one attached hydrogen (secondary N) is 2. The van der Waals surface area contributed by atoms with Crippen molar-refractivity contribution < 1.29 is 14.3 Å². The summed E-state index contributed by atoms with van der Waals surface area (Å²) in [6.45, 7) is 0.479. The van der Waals surface area contributed by atoms with Crippen LogP contribution in [0.3, 0.4) is 0 Å². The number of benzene rings is 3. The van der Waals surface area contributed by atoms with Crippen molar-refractivity contribution in [3.63, 3.8) is 0 Å². The molecule has 0 radical (unpaired) electrons. The number of hydrogen-bond acceptors (Lipinski definition) is 4. The van der Waals surface area contributed by atoms with E-state index in [1.54, 1.807) is 6.21 Å². The second kappa shape index (κ2) is 12.4. The van der Waals surface area contributed by atoms with E-state index in [-0.39, 0.29) is 24.7 Å². The zero-order valence-electron chi connectivity index (χ0n) is 17.5. The van der Waals surface area contributed by atoms with Gasteiger partial charge in [-0.3, -0.25) is 9.59 Å². The van der Waals surface area contributed by atoms with Crippen LogP contribution in [0.2, 0.25) is 0 Å². The molecule has 0 aliphatic heterocycles. The zero-order valence-corrected chi connectivity index (χ0v) is 19.0. The van der Waals surface area contributed by atoms with E-state index in [4.69, 9.17) is 4.74 Å². The molecule has 0 fully saturated rings. The number of hydrogen-bond donors (Lipinski definition) is 2. The summed E-state index contributed by atoms with van der Waals surface area (Å²) < 4.78 is 6.68. The van der Waals surface area contributed by atoms with E-state index in [1.807, 2.05) is 78.9 Å². The van der Waals surface area contributed by atoms with Gasteiger partial charge in [0.05, 0.1) is 6.21 Å². The molecule has 0 spiro atoms. The molecule has 3 aromatic rings. The minimum atomic E-state index is -0.243. The van der Waals surface area contributed by atoms with Gasteiger partial charge in [0, 0.05) is 23.0 Å². The SMILES string of the molecule is O=C(CCCC(=O)Nc1cccc(Br)c1)N/N=C\c1cccc(OCc2ccccc2)c1. The molecule has 0 atom stereocenters. The largest absolute Gasteiger partial charge is 0.489 e. The molecule has 2 N–H and O–H groups in total. The Morgan fingerprint density at radius 2 is 1.69 bits per heavy atom. The van der Waals surface area contributed by atoms with Gasteiger partial charge in [-0.05, 0) is 47.9 Å². The summed E-state index contributed by atoms with van der Waals surface area (Å²) >= 11 is 3.36. The molecule has 7 heteroatoms. The molecule has 0 saturated carbocycles. The first-order valence-electron chi connectivity index (χ1n) is 10.2. The lowest BCUT2D eigenvalue weighted by atomic mass is 10.2. The van der Waals surface area contributed by atoms with E-state index in [9.17, 15) is 9.59 Å². The minimum absolute atomic E-state index is 0.133. The second-order valence-corrected chi connectivity index (χ2v) is 7.97. The fraction of sp³-hybridized carbons (Fsp3) is 0.160. The van der Waals surface area contributed by atoms with Gasteiger partial charge < -0.3 is 10.1 Å². The van der Waals surface area contributed by atoms with Crippen molar-refractivity contribution in [1.29, 1.82) is 0 Å². The predicted octanol–water partition coefficient (Wildman–Crippen LogP) is 5.29. The number of hydrazone groups is 1. The Bertz CT molecular complexity index is 1070. The fourth-order valence-corrected chi connectivity index (χ4v) is 3.26. The number of amides is 2. The molecular formula is C25H24BrN3O3. The Balaban J connectivity index is 1.37. The fourth-order valence-electron chi connectivity index (χ4n) is 2.86. The molecule has 0 aliphatic carbocycles. The Kier molecular flexibility index (Phi) is 9.01. The van der Waals surface area contributed by atoms with Crippen LogP contribution in [0.1, 0.15) is 30.4 Å². The zero-order chi connectivity index (χ0) is 22.6. The van der Waals surface area contributed by atoms with E-state index in [1.165, 1.54) is 0 Å². The van der Waals surface area contributed by atoms with Crippen molar-refractivity contribution in [3.05, 3.63) is 94.5 Å². The average molecular weight is 494 g/mol. The lowest BCUT2D eigenvalue weighted by Crippen LogP contribution is -2.18. The maximum atomic E-state index is 12.0. The van der Waals surface area contributed by atoms with Gasteiger partial charge in [0.25, 0.3) is 0 Å². The van der Waals surface area contributed by atoms with Gasteiger partial charge in [-0.2, -0.15) is 5.10 Å². The topological polar surface area (TPSA) is 79.8 Å². The van der Waals surface area contributed by atoms with Crippen molar-refractivity contribution in [1.82, 2.24) is 5.43 Å². The summed E-state index contributed by atoms with van der Waals surface area (Å²) in [7, 11) is 0. The molecule has 0 unspecified atom stereocenters. The summed E-state index contributed by atoms with van der Waals surface area (Å²) in [5, 5.41) is 6.80. The van der Waals surface area contributed by atoms with Gasteiger partial charge in [-0.15, -0.1) is 0 Å². The van der Waals surface area contributed by atoms with Crippen LogP contribution in [0.5, 0.6) is 5.75 Å². The maximum absolute atomic E-state index is 12.0. The lowest BCUT2D eigenvalue weighted by Gasteiger charge is -2.07. The smallest absolute Gasteiger partial charge is 0.240 e. The van der Waals surface area contributed by atoms with E-state index in [0.717, 1.165) is 21.3 Å². The number of anilines is 1. The summed E-state index contributed by atoms with van der Waals surface area (Å²) in [6, 6.07) is 24.7. The van der Waals surface area contributed by atoms with Gasteiger partial charge in [0.1, 0.15) is 12.4 Å². The lowest BCUT2D eigenvalue weighted by molar-refractivity contribution is -0.121. The van der Waals surface area contributed by atoms with Crippen LogP contribution < -0.4 is 15.5 Å². The number of nitrogens with zero attached hydrogens (tertiary/aromatic N) is 1. The van der Waals surface area contributed by atoms with Crippen LogP contribution in [0.25, 0.3) is 0 Å². The average Bonchev–Trinajstić information content (AvgIpc) is 2.79. The Labute approximate surface area is 195 Å². The van der Waals surface area contributed by atoms with E-state index in [0.29, 0.717) is 18.7 Å². The van der Waals surface area contributed by atoms with E-state index >= 15 is 0 Å². The molecule has 3 rings (SSSR count). The third kappa shape index (κ3) is 8.35. The summed E-state index contributed by atoms with van der Waals surface area (Å²) in [6.07, 6.45) is 2.46. The highest BCUT2D eigenvalue weighted by Gasteiger charge is 2.06. The molecule has 0 aromatic heterocycles. The van der Waals surface area contributed by atoms with E-state index in [2.05, 4.69) is 31.8 Å². The van der Waals surface area contributed by atoms with Crippen LogP contribution >= 0.6 is 15.9 Å². The molecule has 32 heavy (non-hydrogen) atoms. The van der Waals surface area contributed by atoms with Crippen molar-refractivity contribution in [2.75, 3.05) is 5.32 Å². The van der Waals surface area contributed by atoms with Gasteiger partial charge in [0.15, 0.2) is 0 Å². The first-order chi connectivity index (χ1) is 15.6. The minimum Gasteiger partial charge on any atom is -0.489 e. The molecule has 3 aromatic carbocycles. The molecule has 0 heterocycles. The number of halogens is 1. The molecule has 6 nitrogen and oxygen atoms in total. The van der Waals surface area contributed by atoms with Crippen LogP contribution in [-0.2, 0) is 16.2 Å². The summed E-state index contributed by atoms with van der Waals surface area (Å²) in [4.78, 5) is 23.9. The quantitative estimate of drug-likeness (QED) is 0.297. The molecular weight excluding hydrogens is 470 g/mol. The number of ether oxygens (including phenoxy) is 1. The molecule has 0 bridgehead atoms. The number of carbonyl (C=O) groups is 2. The van der Waals surface area contributed by atoms with Gasteiger partial charge in [-0.25, -0.2) is 5.43 Å². The van der Waals surface area contributed by atoms with E-state index < -0.39 is 0 Å². The Morgan fingerprint density at radius 1 is 0.906 bits per heavy atom. The standard InChI is InChI=1S/C25H24BrN3O3/c26-21-10-5-11-22(16-21)28-24(30)13-6-14-25(31)29-27-17-20-9-4-12-23(15-20)32-18-19-7-2-1-3-8-19/h1-5,7-12,15-17H,6,13-14,18H2,(H,28,30)(H,29,31)/b27-17-. The highest BCUT2D eigenvalue weighted by atomic mass is 79.9. The van der Waals surface area contributed by atoms with Gasteiger partial charge >= 0.3 is 0 Å². The molecule has 0 saturated heterocycles. The van der Waals surface area contributed by atoms with Crippen LogP contribution in [-0.4, -0.2) is 18.0 Å². The first-order valence-corrected chi connectivity index (χ1v) is 11.0. The number of carbonyl (C=O) groups excluding carboxylic acids is 2. The normalized spacial score (nSPS) is 10.7. The monoisotopic (exact) mass is 493 g/mol. The Morgan fingerprint density at radius 3 is 2.50 bits per heavy atom. The maximum Gasteiger partial charge on any atom is 0.240 e. The Hall–Kier alpha value is -3.45. The van der Waals surface area contributed by atoms with Gasteiger partial charge in [-0.1, -0.05) is 64.5 Å². The van der Waals surface area contributed by atoms with Crippen molar-refractivity contribution >= 4 is 39.6 Å². The van der Waals surface area contributed by atoms with Crippen molar-refractivity contribution in [3.8, 4) is 5.75 Å². The van der Waals surface area contributed by atoms with Crippen LogP contribution in [0.15, 0.2) is 88.4 Å². The summed E-state index contributed by atoms with van der Waals surface area (Å²) in [5.41, 5.74) is 5.10. The predicted molar refractivity (Wildman–Crippen MR) is 130 cm³/mol. The first kappa shape index (κ1) is 23.2. The molecule has 0 aliphatic rings. The third-order valence-corrected chi connectivity index (χ3v) is 4.92. The molecule has 164 valence electrons.